The van der Waals surface area contributed by atoms with Crippen LogP contribution in [0, 0.1) is 3.57 Å². The Hall–Kier alpha value is -1.76. The van der Waals surface area contributed by atoms with Crippen molar-refractivity contribution in [3.8, 4) is 11.5 Å². The molecule has 1 fully saturated rings. The third-order valence-corrected chi connectivity index (χ3v) is 5.34. The van der Waals surface area contributed by atoms with E-state index in [0.717, 1.165) is 30.6 Å². The number of carbonyl (C=O) groups is 1. The Morgan fingerprint density at radius 2 is 2.04 bits per heavy atom. The van der Waals surface area contributed by atoms with E-state index in [2.05, 4.69) is 46.4 Å². The molecule has 0 N–H and O–H groups in total. The van der Waals surface area contributed by atoms with E-state index in [-0.39, 0.29) is 0 Å². The number of aryl methyl sites for hydroxylation is 1. The van der Waals surface area contributed by atoms with Crippen molar-refractivity contribution in [3.63, 3.8) is 0 Å². The van der Waals surface area contributed by atoms with Crippen LogP contribution in [-0.2, 0) is 17.8 Å². The van der Waals surface area contributed by atoms with E-state index in [4.69, 9.17) is 9.47 Å². The second-order valence-electron chi connectivity index (χ2n) is 6.05. The highest BCUT2D eigenvalue weighted by atomic mass is 127. The van der Waals surface area contributed by atoms with Gasteiger partial charge in [-0.1, -0.05) is 25.1 Å². The molecule has 132 valence electrons. The van der Waals surface area contributed by atoms with E-state index in [1.807, 2.05) is 18.2 Å². The topological polar surface area (TPSA) is 44.8 Å². The Morgan fingerprint density at radius 3 is 2.68 bits per heavy atom. The van der Waals surface area contributed by atoms with Gasteiger partial charge in [-0.05, 0) is 77.1 Å². The molecule has 2 aromatic carbocycles. The van der Waals surface area contributed by atoms with Gasteiger partial charge in [0.05, 0.1) is 7.11 Å². The van der Waals surface area contributed by atoms with Crippen molar-refractivity contribution < 1.29 is 19.0 Å². The number of methoxy groups -OCH3 is 1. The lowest BCUT2D eigenvalue weighted by Crippen LogP contribution is -2.11. The normalized spacial score (nSPS) is 13.4. The summed E-state index contributed by atoms with van der Waals surface area (Å²) in [5.41, 5.74) is 3.42. The Kier molecular flexibility index (Phi) is 5.83. The first-order valence-corrected chi connectivity index (χ1v) is 9.49. The van der Waals surface area contributed by atoms with E-state index in [1.54, 1.807) is 6.07 Å². The van der Waals surface area contributed by atoms with Gasteiger partial charge in [-0.15, -0.1) is 0 Å². The van der Waals surface area contributed by atoms with Crippen LogP contribution in [-0.4, -0.2) is 13.3 Å². The molecule has 1 saturated carbocycles. The maximum atomic E-state index is 11.5. The highest BCUT2D eigenvalue weighted by molar-refractivity contribution is 14.1. The highest BCUT2D eigenvalue weighted by Gasteiger charge is 2.28. The van der Waals surface area contributed by atoms with E-state index in [1.165, 1.54) is 21.8 Å². The molecular formula is C20H21IO4. The predicted molar refractivity (Wildman–Crippen MR) is 104 cm³/mol. The van der Waals surface area contributed by atoms with Crippen molar-refractivity contribution in [2.75, 3.05) is 7.11 Å². The van der Waals surface area contributed by atoms with Crippen LogP contribution in [0.3, 0.4) is 0 Å². The minimum Gasteiger partial charge on any atom is -0.489 e. The summed E-state index contributed by atoms with van der Waals surface area (Å²) in [5.74, 6) is 1.86. The van der Waals surface area contributed by atoms with Gasteiger partial charge >= 0.3 is 6.16 Å². The number of benzene rings is 2. The van der Waals surface area contributed by atoms with Crippen LogP contribution in [0.15, 0.2) is 36.4 Å². The molecule has 3 rings (SSSR count). The second kappa shape index (κ2) is 8.08. The SMILES string of the molecule is CCc1ccc(OCc2c(OC(=O)OC)cccc2C2CC2)cc1I. The Labute approximate surface area is 161 Å². The van der Waals surface area contributed by atoms with Gasteiger partial charge in [0.2, 0.25) is 0 Å². The van der Waals surface area contributed by atoms with Gasteiger partial charge < -0.3 is 14.2 Å². The Bertz CT molecular complexity index is 768. The highest BCUT2D eigenvalue weighted by Crippen LogP contribution is 2.44. The molecule has 0 bridgehead atoms. The van der Waals surface area contributed by atoms with Crippen LogP contribution in [0.5, 0.6) is 11.5 Å². The van der Waals surface area contributed by atoms with Crippen LogP contribution in [0.2, 0.25) is 0 Å². The van der Waals surface area contributed by atoms with Crippen LogP contribution >= 0.6 is 22.6 Å². The maximum Gasteiger partial charge on any atom is 0.513 e. The van der Waals surface area contributed by atoms with E-state index >= 15 is 0 Å². The lowest BCUT2D eigenvalue weighted by molar-refractivity contribution is 0.120. The van der Waals surface area contributed by atoms with Crippen molar-refractivity contribution in [1.29, 1.82) is 0 Å². The predicted octanol–water partition coefficient (Wildman–Crippen LogP) is 5.46. The lowest BCUT2D eigenvalue weighted by Gasteiger charge is -2.15. The van der Waals surface area contributed by atoms with Gasteiger partial charge in [0.25, 0.3) is 0 Å². The monoisotopic (exact) mass is 452 g/mol. The quantitative estimate of drug-likeness (QED) is 0.332. The van der Waals surface area contributed by atoms with Gasteiger partial charge in [-0.2, -0.15) is 0 Å². The van der Waals surface area contributed by atoms with Crippen molar-refractivity contribution in [2.24, 2.45) is 0 Å². The molecular weight excluding hydrogens is 431 g/mol. The van der Waals surface area contributed by atoms with Gasteiger partial charge in [0.15, 0.2) is 0 Å². The number of ether oxygens (including phenoxy) is 3. The summed E-state index contributed by atoms with van der Waals surface area (Å²) in [5, 5.41) is 0. The molecule has 0 spiro atoms. The summed E-state index contributed by atoms with van der Waals surface area (Å²) in [7, 11) is 1.31. The van der Waals surface area contributed by atoms with Crippen molar-refractivity contribution >= 4 is 28.7 Å². The van der Waals surface area contributed by atoms with Crippen molar-refractivity contribution in [1.82, 2.24) is 0 Å². The van der Waals surface area contributed by atoms with Crippen LogP contribution in [0.25, 0.3) is 0 Å². The van der Waals surface area contributed by atoms with Gasteiger partial charge in [-0.25, -0.2) is 4.79 Å². The molecule has 5 heteroatoms. The minimum atomic E-state index is -0.712. The first-order chi connectivity index (χ1) is 12.1. The fourth-order valence-electron chi connectivity index (χ4n) is 2.80. The van der Waals surface area contributed by atoms with Crippen LogP contribution in [0.1, 0.15) is 42.4 Å². The first-order valence-electron chi connectivity index (χ1n) is 8.41. The molecule has 0 aliphatic heterocycles. The average Bonchev–Trinajstić information content (AvgIpc) is 3.45. The van der Waals surface area contributed by atoms with Gasteiger partial charge in [0, 0.05) is 9.13 Å². The molecule has 0 amide bonds. The van der Waals surface area contributed by atoms with Gasteiger partial charge in [-0.3, -0.25) is 0 Å². The number of rotatable bonds is 6. The summed E-state index contributed by atoms with van der Waals surface area (Å²) >= 11 is 2.33. The second-order valence-corrected chi connectivity index (χ2v) is 7.21. The smallest absolute Gasteiger partial charge is 0.489 e. The number of hydrogen-bond acceptors (Lipinski definition) is 4. The summed E-state index contributed by atoms with van der Waals surface area (Å²) in [6.07, 6.45) is 2.62. The van der Waals surface area contributed by atoms with Crippen LogP contribution < -0.4 is 9.47 Å². The third-order valence-electron chi connectivity index (χ3n) is 4.34. The molecule has 0 heterocycles. The molecule has 2 aromatic rings. The zero-order valence-electron chi connectivity index (χ0n) is 14.4. The molecule has 25 heavy (non-hydrogen) atoms. The number of carbonyl (C=O) groups excluding carboxylic acids is 1. The molecule has 0 radical (unpaired) electrons. The summed E-state index contributed by atoms with van der Waals surface area (Å²) < 4.78 is 17.1. The fraction of sp³-hybridized carbons (Fsp3) is 0.350. The zero-order chi connectivity index (χ0) is 17.8. The van der Waals surface area contributed by atoms with Crippen molar-refractivity contribution in [3.05, 3.63) is 56.7 Å². The molecule has 1 aliphatic carbocycles. The molecule has 1 aliphatic rings. The number of hydrogen-bond donors (Lipinski definition) is 0. The molecule has 0 aromatic heterocycles. The standard InChI is InChI=1S/C20H21IO4/c1-3-13-9-10-15(11-18(13)21)24-12-17-16(14-7-8-14)5-4-6-19(17)25-20(22)23-2/h4-6,9-11,14H,3,7-8,12H2,1-2H3. The molecule has 4 nitrogen and oxygen atoms in total. The van der Waals surface area contributed by atoms with E-state index < -0.39 is 6.16 Å². The first kappa shape index (κ1) is 18.0. The summed E-state index contributed by atoms with van der Waals surface area (Å²) in [6, 6.07) is 11.9. The zero-order valence-corrected chi connectivity index (χ0v) is 16.5. The fourth-order valence-corrected chi connectivity index (χ4v) is 3.67. The van der Waals surface area contributed by atoms with Crippen LogP contribution in [0.4, 0.5) is 4.79 Å². The maximum absolute atomic E-state index is 11.5. The van der Waals surface area contributed by atoms with E-state index in [9.17, 15) is 4.79 Å². The van der Waals surface area contributed by atoms with Gasteiger partial charge in [0.1, 0.15) is 18.1 Å². The largest absolute Gasteiger partial charge is 0.513 e. The number of halogens is 1. The molecule has 0 unspecified atom stereocenters. The van der Waals surface area contributed by atoms with Crippen molar-refractivity contribution in [2.45, 2.75) is 38.7 Å². The molecule has 0 saturated heterocycles. The summed E-state index contributed by atoms with van der Waals surface area (Å²) in [6.45, 7) is 2.50. The lowest BCUT2D eigenvalue weighted by atomic mass is 10.0. The molecule has 0 atom stereocenters. The summed E-state index contributed by atoms with van der Waals surface area (Å²) in [4.78, 5) is 11.5. The van der Waals surface area contributed by atoms with E-state index in [0.29, 0.717) is 18.3 Å². The Morgan fingerprint density at radius 1 is 1.24 bits per heavy atom. The minimum absolute atomic E-state index is 0.362. The average molecular weight is 452 g/mol. The Balaban J connectivity index is 1.82. The third kappa shape index (κ3) is 4.45.